The third-order valence-corrected chi connectivity index (χ3v) is 3.19. The zero-order chi connectivity index (χ0) is 13.8. The molecule has 0 amide bonds. The molecule has 98 valence electrons. The Morgan fingerprint density at radius 2 is 1.84 bits per heavy atom. The number of hydrazone groups is 1. The molecule has 0 fully saturated rings. The second-order valence-electron chi connectivity index (χ2n) is 3.77. The van der Waals surface area contributed by atoms with Crippen LogP contribution < -0.4 is 5.43 Å². The monoisotopic (exact) mass is 313 g/mol. The lowest BCUT2D eigenvalue weighted by Gasteiger charge is -2.07. The Hall–Kier alpha value is -1.29. The van der Waals surface area contributed by atoms with Crippen LogP contribution in [0.5, 0.6) is 0 Å². The van der Waals surface area contributed by atoms with E-state index in [9.17, 15) is 0 Å². The summed E-state index contributed by atoms with van der Waals surface area (Å²) in [4.78, 5) is 4.19. The van der Waals surface area contributed by atoms with E-state index in [1.165, 1.54) is 0 Å². The van der Waals surface area contributed by atoms with E-state index in [4.69, 9.17) is 34.8 Å². The normalized spacial score (nSPS) is 11.5. The number of hydrogen-bond donors (Lipinski definition) is 1. The van der Waals surface area contributed by atoms with E-state index in [-0.39, 0.29) is 0 Å². The van der Waals surface area contributed by atoms with Crippen LogP contribution in [0.2, 0.25) is 15.1 Å². The summed E-state index contributed by atoms with van der Waals surface area (Å²) in [5.41, 5.74) is 4.85. The average molecular weight is 315 g/mol. The van der Waals surface area contributed by atoms with Gasteiger partial charge in [0, 0.05) is 11.2 Å². The fraction of sp³-hybridized carbons (Fsp3) is 0.0769. The van der Waals surface area contributed by atoms with Crippen LogP contribution in [0.25, 0.3) is 0 Å². The van der Waals surface area contributed by atoms with Gasteiger partial charge < -0.3 is 0 Å². The number of rotatable bonds is 3. The maximum atomic E-state index is 6.05. The highest BCUT2D eigenvalue weighted by atomic mass is 35.5. The lowest BCUT2D eigenvalue weighted by Crippen LogP contribution is -2.02. The van der Waals surface area contributed by atoms with Gasteiger partial charge in [0.25, 0.3) is 0 Å². The van der Waals surface area contributed by atoms with Gasteiger partial charge in [-0.15, -0.1) is 0 Å². The quantitative estimate of drug-likeness (QED) is 0.647. The maximum Gasteiger partial charge on any atom is 0.0935 e. The van der Waals surface area contributed by atoms with Crippen molar-refractivity contribution in [3.63, 3.8) is 0 Å². The van der Waals surface area contributed by atoms with Gasteiger partial charge >= 0.3 is 0 Å². The standard InChI is InChI=1S/C13H10Cl3N3/c1-8(12-4-2-3-5-17-12)18-19-13-10(15)6-9(14)7-11(13)16/h2-7,19H,1H3/b18-8-. The molecule has 1 heterocycles. The van der Waals surface area contributed by atoms with Crippen LogP contribution >= 0.6 is 34.8 Å². The Bertz CT molecular complexity index is 589. The van der Waals surface area contributed by atoms with Crippen molar-refractivity contribution in [2.24, 2.45) is 5.10 Å². The van der Waals surface area contributed by atoms with Crippen molar-refractivity contribution in [3.8, 4) is 0 Å². The summed E-state index contributed by atoms with van der Waals surface area (Å²) >= 11 is 17.9. The second kappa shape index (κ2) is 6.24. The van der Waals surface area contributed by atoms with Crippen LogP contribution in [-0.2, 0) is 0 Å². The second-order valence-corrected chi connectivity index (χ2v) is 5.02. The van der Waals surface area contributed by atoms with Crippen LogP contribution in [-0.4, -0.2) is 10.7 Å². The maximum absolute atomic E-state index is 6.05. The van der Waals surface area contributed by atoms with Gasteiger partial charge in [0.15, 0.2) is 0 Å². The largest absolute Gasteiger partial charge is 0.275 e. The van der Waals surface area contributed by atoms with Crippen LogP contribution in [0.4, 0.5) is 5.69 Å². The van der Waals surface area contributed by atoms with Crippen molar-refractivity contribution in [1.82, 2.24) is 4.98 Å². The Morgan fingerprint density at radius 1 is 1.16 bits per heavy atom. The average Bonchev–Trinajstić information content (AvgIpc) is 2.38. The van der Waals surface area contributed by atoms with Crippen LogP contribution in [0.1, 0.15) is 12.6 Å². The van der Waals surface area contributed by atoms with E-state index in [1.807, 2.05) is 25.1 Å². The molecule has 19 heavy (non-hydrogen) atoms. The predicted octanol–water partition coefficient (Wildman–Crippen LogP) is 4.88. The van der Waals surface area contributed by atoms with Crippen molar-refractivity contribution in [3.05, 3.63) is 57.3 Å². The minimum Gasteiger partial charge on any atom is -0.275 e. The Morgan fingerprint density at radius 3 is 2.42 bits per heavy atom. The van der Waals surface area contributed by atoms with E-state index >= 15 is 0 Å². The molecule has 0 saturated heterocycles. The fourth-order valence-corrected chi connectivity index (χ4v) is 2.32. The van der Waals surface area contributed by atoms with Crippen molar-refractivity contribution >= 4 is 46.2 Å². The fourth-order valence-electron chi connectivity index (χ4n) is 1.42. The minimum absolute atomic E-state index is 0.412. The number of halogens is 3. The van der Waals surface area contributed by atoms with Crippen molar-refractivity contribution in [2.75, 3.05) is 5.43 Å². The van der Waals surface area contributed by atoms with Crippen molar-refractivity contribution in [2.45, 2.75) is 6.92 Å². The van der Waals surface area contributed by atoms with Gasteiger partial charge in [-0.1, -0.05) is 40.9 Å². The molecule has 0 radical (unpaired) electrons. The van der Waals surface area contributed by atoms with Gasteiger partial charge in [-0.25, -0.2) is 0 Å². The first-order chi connectivity index (χ1) is 9.08. The Balaban J connectivity index is 2.23. The number of nitrogens with zero attached hydrogens (tertiary/aromatic N) is 2. The SMILES string of the molecule is C/C(=N/Nc1c(Cl)cc(Cl)cc1Cl)c1ccccn1. The molecule has 0 aliphatic heterocycles. The highest BCUT2D eigenvalue weighted by Gasteiger charge is 2.07. The predicted molar refractivity (Wildman–Crippen MR) is 81.5 cm³/mol. The first kappa shape index (κ1) is 14.1. The molecule has 0 bridgehead atoms. The number of hydrogen-bond acceptors (Lipinski definition) is 3. The van der Waals surface area contributed by atoms with Crippen LogP contribution in [0.3, 0.4) is 0 Å². The first-order valence-corrected chi connectivity index (χ1v) is 6.57. The molecule has 2 aromatic rings. The molecular formula is C13H10Cl3N3. The molecule has 0 saturated carbocycles. The third kappa shape index (κ3) is 3.60. The van der Waals surface area contributed by atoms with Gasteiger partial charge in [-0.05, 0) is 31.2 Å². The van der Waals surface area contributed by atoms with Crippen LogP contribution in [0, 0.1) is 0 Å². The number of nitrogens with one attached hydrogen (secondary N) is 1. The molecule has 0 atom stereocenters. The summed E-state index contributed by atoms with van der Waals surface area (Å²) in [5, 5.41) is 5.51. The molecule has 1 aromatic carbocycles. The van der Waals surface area contributed by atoms with Gasteiger partial charge in [0.1, 0.15) is 0 Å². The van der Waals surface area contributed by atoms with E-state index in [0.29, 0.717) is 20.8 Å². The zero-order valence-corrected chi connectivity index (χ0v) is 12.3. The molecule has 1 aromatic heterocycles. The number of benzene rings is 1. The summed E-state index contributed by atoms with van der Waals surface area (Å²) < 4.78 is 0. The van der Waals surface area contributed by atoms with Crippen LogP contribution in [0.15, 0.2) is 41.6 Å². The number of aromatic nitrogens is 1. The summed E-state index contributed by atoms with van der Waals surface area (Å²) in [6, 6.07) is 8.80. The lowest BCUT2D eigenvalue weighted by atomic mass is 10.3. The van der Waals surface area contributed by atoms with Gasteiger partial charge in [-0.2, -0.15) is 5.10 Å². The van der Waals surface area contributed by atoms with E-state index in [2.05, 4.69) is 15.5 Å². The third-order valence-electron chi connectivity index (χ3n) is 2.38. The van der Waals surface area contributed by atoms with Gasteiger partial charge in [0.05, 0.1) is 27.1 Å². The minimum atomic E-state index is 0.412. The molecule has 0 unspecified atom stereocenters. The molecule has 2 rings (SSSR count). The highest BCUT2D eigenvalue weighted by Crippen LogP contribution is 2.33. The Labute approximate surface area is 126 Å². The summed E-state index contributed by atoms with van der Waals surface area (Å²) in [6.07, 6.45) is 1.70. The highest BCUT2D eigenvalue weighted by molar-refractivity contribution is 6.41. The van der Waals surface area contributed by atoms with E-state index < -0.39 is 0 Å². The van der Waals surface area contributed by atoms with Crippen molar-refractivity contribution in [1.29, 1.82) is 0 Å². The smallest absolute Gasteiger partial charge is 0.0935 e. The topological polar surface area (TPSA) is 37.3 Å². The zero-order valence-electron chi connectivity index (χ0n) is 9.99. The molecule has 3 nitrogen and oxygen atoms in total. The molecule has 0 spiro atoms. The van der Waals surface area contributed by atoms with E-state index in [0.717, 1.165) is 11.4 Å². The Kier molecular flexibility index (Phi) is 4.64. The van der Waals surface area contributed by atoms with Crippen molar-refractivity contribution < 1.29 is 0 Å². The molecule has 0 aliphatic rings. The number of anilines is 1. The molecule has 1 N–H and O–H groups in total. The molecule has 0 aliphatic carbocycles. The van der Waals surface area contributed by atoms with E-state index in [1.54, 1.807) is 18.3 Å². The van der Waals surface area contributed by atoms with Gasteiger partial charge in [-0.3, -0.25) is 10.4 Å². The lowest BCUT2D eigenvalue weighted by molar-refractivity contribution is 1.25. The summed E-state index contributed by atoms with van der Waals surface area (Å²) in [6.45, 7) is 1.84. The van der Waals surface area contributed by atoms with Gasteiger partial charge in [0.2, 0.25) is 0 Å². The summed E-state index contributed by atoms with van der Waals surface area (Å²) in [7, 11) is 0. The first-order valence-electron chi connectivity index (χ1n) is 5.44. The molecule has 6 heteroatoms. The molecular weight excluding hydrogens is 305 g/mol. The number of pyridine rings is 1. The summed E-state index contributed by atoms with van der Waals surface area (Å²) in [5.74, 6) is 0.